The predicted molar refractivity (Wildman–Crippen MR) is 104 cm³/mol. The van der Waals surface area contributed by atoms with E-state index in [-0.39, 0.29) is 24.8 Å². The number of benzene rings is 2. The summed E-state index contributed by atoms with van der Waals surface area (Å²) in [4.78, 5) is 24.4. The van der Waals surface area contributed by atoms with E-state index in [0.717, 1.165) is 5.39 Å². The van der Waals surface area contributed by atoms with Crippen LogP contribution in [0.1, 0.15) is 45.9 Å². The summed E-state index contributed by atoms with van der Waals surface area (Å²) in [5, 5.41) is 0.810. The average molecular weight is 382 g/mol. The highest BCUT2D eigenvalue weighted by atomic mass is 16.5. The normalized spacial score (nSPS) is 10.8. The number of carbonyl (C=O) groups excluding carboxylic acids is 2. The van der Waals surface area contributed by atoms with E-state index < -0.39 is 5.97 Å². The predicted octanol–water partition coefficient (Wildman–Crippen LogP) is 4.54. The van der Waals surface area contributed by atoms with Crippen LogP contribution in [-0.2, 0) is 22.7 Å². The second-order valence-electron chi connectivity index (χ2n) is 6.23. The molecular formula is C22H22O6. The third-order valence-corrected chi connectivity index (χ3v) is 4.30. The molecular weight excluding hydrogens is 360 g/mol. The largest absolute Gasteiger partial charge is 0.493 e. The van der Waals surface area contributed by atoms with Crippen LogP contribution in [0.25, 0.3) is 11.0 Å². The fourth-order valence-electron chi connectivity index (χ4n) is 2.97. The number of Topliss-reactive ketones (excluding diaryl/α,β-unsaturated/α-hetero) is 1. The fraction of sp³-hybridized carbons (Fsp3) is 0.273. The maximum absolute atomic E-state index is 12.7. The summed E-state index contributed by atoms with van der Waals surface area (Å²) in [6.07, 6.45) is 0. The van der Waals surface area contributed by atoms with Gasteiger partial charge in [-0.3, -0.25) is 4.79 Å². The smallest absolute Gasteiger partial charge is 0.374 e. The molecule has 0 atom stereocenters. The Kier molecular flexibility index (Phi) is 6.11. The fourth-order valence-corrected chi connectivity index (χ4v) is 2.97. The minimum absolute atomic E-state index is 0.0429. The zero-order valence-corrected chi connectivity index (χ0v) is 16.1. The zero-order valence-electron chi connectivity index (χ0n) is 16.1. The molecule has 146 valence electrons. The number of para-hydroxylation sites is 1. The van der Waals surface area contributed by atoms with Gasteiger partial charge in [0.25, 0.3) is 0 Å². The molecule has 28 heavy (non-hydrogen) atoms. The van der Waals surface area contributed by atoms with E-state index in [1.165, 1.54) is 6.92 Å². The van der Waals surface area contributed by atoms with Crippen LogP contribution in [0.15, 0.2) is 46.9 Å². The monoisotopic (exact) mass is 382 g/mol. The maximum atomic E-state index is 12.7. The Morgan fingerprint density at radius 1 is 1.07 bits per heavy atom. The minimum atomic E-state index is -0.598. The molecule has 2 aromatic carbocycles. The van der Waals surface area contributed by atoms with Crippen LogP contribution in [0.5, 0.6) is 5.75 Å². The Morgan fingerprint density at radius 3 is 2.57 bits per heavy atom. The first-order valence-corrected chi connectivity index (χ1v) is 8.98. The van der Waals surface area contributed by atoms with Crippen molar-refractivity contribution in [1.29, 1.82) is 0 Å². The van der Waals surface area contributed by atoms with Gasteiger partial charge >= 0.3 is 5.97 Å². The highest BCUT2D eigenvalue weighted by molar-refractivity contribution is 5.96. The lowest BCUT2D eigenvalue weighted by Gasteiger charge is -2.12. The summed E-state index contributed by atoms with van der Waals surface area (Å²) in [6, 6.07) is 12.4. The van der Waals surface area contributed by atoms with Gasteiger partial charge in [0.05, 0.1) is 13.2 Å². The van der Waals surface area contributed by atoms with Gasteiger partial charge < -0.3 is 18.6 Å². The molecule has 3 rings (SSSR count). The van der Waals surface area contributed by atoms with E-state index in [0.29, 0.717) is 34.6 Å². The van der Waals surface area contributed by atoms with Crippen LogP contribution >= 0.6 is 0 Å². The topological polar surface area (TPSA) is 75.0 Å². The number of ketones is 1. The molecule has 0 saturated carbocycles. The van der Waals surface area contributed by atoms with Crippen LogP contribution in [0.4, 0.5) is 0 Å². The van der Waals surface area contributed by atoms with E-state index in [4.69, 9.17) is 18.6 Å². The molecule has 0 N–H and O–H groups in total. The van der Waals surface area contributed by atoms with Crippen molar-refractivity contribution in [3.05, 3.63) is 64.9 Å². The Bertz CT molecular complexity index is 1000. The molecule has 0 aliphatic carbocycles. The Balaban J connectivity index is 1.86. The molecule has 1 aromatic heterocycles. The minimum Gasteiger partial charge on any atom is -0.493 e. The van der Waals surface area contributed by atoms with Gasteiger partial charge in [0.2, 0.25) is 5.76 Å². The van der Waals surface area contributed by atoms with Gasteiger partial charge in [-0.05, 0) is 38.1 Å². The summed E-state index contributed by atoms with van der Waals surface area (Å²) < 4.78 is 22.0. The molecule has 6 nitrogen and oxygen atoms in total. The summed E-state index contributed by atoms with van der Waals surface area (Å²) in [7, 11) is 1.55. The van der Waals surface area contributed by atoms with Crippen LogP contribution < -0.4 is 4.74 Å². The number of ether oxygens (including phenoxy) is 3. The van der Waals surface area contributed by atoms with Crippen LogP contribution in [-0.4, -0.2) is 25.5 Å². The molecule has 0 fully saturated rings. The maximum Gasteiger partial charge on any atom is 0.374 e. The number of fused-ring (bicyclic) bond motifs is 1. The average Bonchev–Trinajstić information content (AvgIpc) is 3.06. The first-order chi connectivity index (χ1) is 13.5. The second-order valence-corrected chi connectivity index (χ2v) is 6.23. The number of methoxy groups -OCH3 is 1. The highest BCUT2D eigenvalue weighted by Gasteiger charge is 2.22. The van der Waals surface area contributed by atoms with Gasteiger partial charge in [-0.15, -0.1) is 0 Å². The van der Waals surface area contributed by atoms with Crippen LogP contribution in [0.2, 0.25) is 0 Å². The van der Waals surface area contributed by atoms with Gasteiger partial charge in [-0.25, -0.2) is 4.79 Å². The van der Waals surface area contributed by atoms with Gasteiger partial charge in [0.15, 0.2) is 5.78 Å². The zero-order chi connectivity index (χ0) is 20.1. The van der Waals surface area contributed by atoms with Crippen molar-refractivity contribution in [2.24, 2.45) is 0 Å². The van der Waals surface area contributed by atoms with Gasteiger partial charge in [0, 0.05) is 29.2 Å². The Hall–Kier alpha value is -3.12. The first-order valence-electron chi connectivity index (χ1n) is 8.98. The Labute approximate surface area is 163 Å². The number of rotatable bonds is 8. The van der Waals surface area contributed by atoms with Gasteiger partial charge in [0.1, 0.15) is 17.9 Å². The first kappa shape index (κ1) is 19.6. The molecule has 0 radical (unpaired) electrons. The summed E-state index contributed by atoms with van der Waals surface area (Å²) >= 11 is 0. The van der Waals surface area contributed by atoms with Crippen LogP contribution in [0.3, 0.4) is 0 Å². The number of hydrogen-bond donors (Lipinski definition) is 0. The quantitative estimate of drug-likeness (QED) is 0.421. The van der Waals surface area contributed by atoms with E-state index >= 15 is 0 Å². The molecule has 0 unspecified atom stereocenters. The summed E-state index contributed by atoms with van der Waals surface area (Å²) in [5.74, 6) is 0.0139. The third kappa shape index (κ3) is 4.07. The molecule has 0 spiro atoms. The third-order valence-electron chi connectivity index (χ3n) is 4.30. The lowest BCUT2D eigenvalue weighted by atomic mass is 10.1. The number of carbonyl (C=O) groups is 2. The van der Waals surface area contributed by atoms with E-state index in [1.54, 1.807) is 31.4 Å². The molecule has 1 heterocycles. The molecule has 0 bridgehead atoms. The highest BCUT2D eigenvalue weighted by Crippen LogP contribution is 2.28. The van der Waals surface area contributed by atoms with Crippen molar-refractivity contribution in [2.75, 3.05) is 13.7 Å². The summed E-state index contributed by atoms with van der Waals surface area (Å²) in [5.41, 5.74) is 2.38. The van der Waals surface area contributed by atoms with Crippen molar-refractivity contribution >= 4 is 22.7 Å². The van der Waals surface area contributed by atoms with Crippen molar-refractivity contribution < 1.29 is 28.2 Å². The lowest BCUT2D eigenvalue weighted by Crippen LogP contribution is -2.09. The molecule has 3 aromatic rings. The lowest BCUT2D eigenvalue weighted by molar-refractivity contribution is 0.0429. The Morgan fingerprint density at radius 2 is 1.86 bits per heavy atom. The second kappa shape index (κ2) is 8.71. The SMILES string of the molecule is CCOc1ccc(C(C)=O)cc1COC(=O)c1oc2ccccc2c1COC. The number of hydrogen-bond acceptors (Lipinski definition) is 6. The molecule has 0 saturated heterocycles. The molecule has 6 heteroatoms. The van der Waals surface area contributed by atoms with Crippen molar-refractivity contribution in [3.8, 4) is 5.75 Å². The van der Waals surface area contributed by atoms with Crippen molar-refractivity contribution in [3.63, 3.8) is 0 Å². The molecule has 0 amide bonds. The molecule has 0 aliphatic rings. The van der Waals surface area contributed by atoms with Gasteiger partial charge in [-0.1, -0.05) is 18.2 Å². The molecule has 0 aliphatic heterocycles. The van der Waals surface area contributed by atoms with Gasteiger partial charge in [-0.2, -0.15) is 0 Å². The standard InChI is InChI=1S/C22H22O6/c1-4-26-19-10-9-15(14(2)23)11-16(19)12-27-22(24)21-18(13-25-3)17-7-5-6-8-20(17)28-21/h5-11H,4,12-13H2,1-3H3. The van der Waals surface area contributed by atoms with Crippen molar-refractivity contribution in [1.82, 2.24) is 0 Å². The summed E-state index contributed by atoms with van der Waals surface area (Å²) in [6.45, 7) is 3.99. The van der Waals surface area contributed by atoms with Crippen LogP contribution in [0, 0.1) is 0 Å². The van der Waals surface area contributed by atoms with E-state index in [1.807, 2.05) is 25.1 Å². The van der Waals surface area contributed by atoms with Crippen molar-refractivity contribution in [2.45, 2.75) is 27.1 Å². The number of esters is 1. The van der Waals surface area contributed by atoms with E-state index in [9.17, 15) is 9.59 Å². The number of furan rings is 1. The van der Waals surface area contributed by atoms with E-state index in [2.05, 4.69) is 0 Å².